The number of aliphatic hydroxyl groups is 1. The van der Waals surface area contributed by atoms with Gasteiger partial charge in [-0.05, 0) is 53.2 Å². The number of nitrogens with zero attached hydrogens (tertiary/aromatic N) is 3. The van der Waals surface area contributed by atoms with E-state index in [-0.39, 0.29) is 12.5 Å². The number of likely N-dealkylation sites (N-methyl/N-ethyl adjacent to an activating group) is 1. The van der Waals surface area contributed by atoms with Gasteiger partial charge in [0.2, 0.25) is 0 Å². The number of aliphatic hydroxyl groups excluding tert-OH is 1. The molecule has 5 rings (SSSR count). The van der Waals surface area contributed by atoms with E-state index in [9.17, 15) is 10.4 Å². The summed E-state index contributed by atoms with van der Waals surface area (Å²) in [7, 11) is 0.990. The lowest BCUT2D eigenvalue weighted by molar-refractivity contribution is 0.252. The predicted octanol–water partition coefficient (Wildman–Crippen LogP) is 5.76. The van der Waals surface area contributed by atoms with Crippen molar-refractivity contribution in [3.05, 3.63) is 62.8 Å². The number of hydrogen-bond acceptors (Lipinski definition) is 7. The molecule has 1 unspecified atom stereocenters. The average Bonchev–Trinajstić information content (AvgIpc) is 3.32. The highest BCUT2D eigenvalue weighted by Crippen LogP contribution is 2.73. The summed E-state index contributed by atoms with van der Waals surface area (Å²) in [5.41, 5.74) is 0.886. The van der Waals surface area contributed by atoms with E-state index < -0.39 is 10.0 Å². The van der Waals surface area contributed by atoms with Crippen molar-refractivity contribution >= 4 is 54.7 Å². The van der Waals surface area contributed by atoms with Crippen molar-refractivity contribution in [3.63, 3.8) is 0 Å². The van der Waals surface area contributed by atoms with Crippen LogP contribution in [0.25, 0.3) is 10.2 Å². The van der Waals surface area contributed by atoms with E-state index in [1.54, 1.807) is 23.1 Å². The first kappa shape index (κ1) is 21.9. The van der Waals surface area contributed by atoms with Crippen molar-refractivity contribution in [2.75, 3.05) is 31.7 Å². The second-order valence-electron chi connectivity index (χ2n) is 7.96. The Hall–Kier alpha value is -1.94. The lowest BCUT2D eigenvalue weighted by Crippen LogP contribution is -2.22. The molecule has 4 nitrogen and oxygen atoms in total. The van der Waals surface area contributed by atoms with Crippen molar-refractivity contribution < 1.29 is 5.11 Å². The minimum absolute atomic E-state index is 0.128. The van der Waals surface area contributed by atoms with Gasteiger partial charge in [-0.2, -0.15) is 15.3 Å². The van der Waals surface area contributed by atoms with Crippen LogP contribution in [-0.2, 0) is 6.42 Å². The number of thioether (sulfide) groups is 1. The number of allylic oxidation sites excluding steroid dienone is 1. The van der Waals surface area contributed by atoms with Crippen LogP contribution in [0.1, 0.15) is 22.2 Å². The highest BCUT2D eigenvalue weighted by Gasteiger charge is 2.40. The van der Waals surface area contributed by atoms with Gasteiger partial charge in [0.15, 0.2) is 0 Å². The van der Waals surface area contributed by atoms with E-state index in [1.807, 2.05) is 30.5 Å². The topological polar surface area (TPSA) is 60.1 Å². The van der Waals surface area contributed by atoms with Crippen LogP contribution in [0.15, 0.2) is 49.9 Å². The van der Waals surface area contributed by atoms with Gasteiger partial charge in [-0.15, -0.1) is 22.7 Å². The molecule has 4 heterocycles. The van der Waals surface area contributed by atoms with Crippen molar-refractivity contribution in [1.82, 2.24) is 9.88 Å². The fraction of sp³-hybridized carbons (Fsp3) is 0.333. The van der Waals surface area contributed by atoms with E-state index in [0.717, 1.165) is 20.3 Å². The molecule has 0 bridgehead atoms. The molecule has 3 aromatic rings. The summed E-state index contributed by atoms with van der Waals surface area (Å²) in [5.74, 6) is 2.14. The fourth-order valence-corrected chi connectivity index (χ4v) is 11.9. The maximum atomic E-state index is 9.94. The van der Waals surface area contributed by atoms with E-state index in [1.165, 1.54) is 36.8 Å². The summed E-state index contributed by atoms with van der Waals surface area (Å²) >= 11 is 5.14. The van der Waals surface area contributed by atoms with Gasteiger partial charge in [-0.3, -0.25) is 0 Å². The van der Waals surface area contributed by atoms with E-state index >= 15 is 0 Å². The molecule has 164 valence electrons. The molecule has 1 N–H and O–H groups in total. The number of nitriles is 1. The first-order valence-corrected chi connectivity index (χ1v) is 14.9. The van der Waals surface area contributed by atoms with Gasteiger partial charge in [0, 0.05) is 29.8 Å². The van der Waals surface area contributed by atoms with Gasteiger partial charge >= 0.3 is 0 Å². The molecule has 1 atom stereocenters. The number of thiazole rings is 1. The zero-order valence-electron chi connectivity index (χ0n) is 17.8. The molecule has 2 aliphatic heterocycles. The Morgan fingerprint density at radius 1 is 1.41 bits per heavy atom. The molecule has 1 aromatic carbocycles. The Morgan fingerprint density at radius 2 is 2.25 bits per heavy atom. The van der Waals surface area contributed by atoms with Crippen molar-refractivity contribution in [2.45, 2.75) is 27.9 Å². The number of fused-ring (bicyclic) bond motifs is 3. The summed E-state index contributed by atoms with van der Waals surface area (Å²) in [6, 6.07) is 14.7. The molecule has 2 aromatic heterocycles. The summed E-state index contributed by atoms with van der Waals surface area (Å²) < 4.78 is 2.28. The monoisotopic (exact) mass is 497 g/mol. The molecular formula is C24H23N3OS4. The second-order valence-corrected chi connectivity index (χ2v) is 15.0. The molecule has 0 saturated carbocycles. The Labute approximate surface area is 202 Å². The minimum Gasteiger partial charge on any atom is -0.395 e. The molecule has 1 fully saturated rings. The molecule has 32 heavy (non-hydrogen) atoms. The van der Waals surface area contributed by atoms with Crippen LogP contribution in [0.3, 0.4) is 0 Å². The molecule has 0 amide bonds. The van der Waals surface area contributed by atoms with Gasteiger partial charge in [0.05, 0.1) is 27.4 Å². The third kappa shape index (κ3) is 3.75. The van der Waals surface area contributed by atoms with E-state index in [0.29, 0.717) is 13.0 Å². The van der Waals surface area contributed by atoms with Crippen LogP contribution in [0.5, 0.6) is 0 Å². The third-order valence-electron chi connectivity index (χ3n) is 5.96. The quantitative estimate of drug-likeness (QED) is 0.469. The third-order valence-corrected chi connectivity index (χ3v) is 14.1. The molecule has 1 saturated heterocycles. The smallest absolute Gasteiger partial charge is 0.112 e. The Morgan fingerprint density at radius 3 is 2.94 bits per heavy atom. The van der Waals surface area contributed by atoms with Crippen LogP contribution < -0.4 is 0 Å². The standard InChI is InChI=1S/C24H23N3OS4/c1-16-12-22(27(2)8-9-28)31-24-21(32(16)10-5-11-32)14-18(29-24)13-17(15-25)23-26-19-6-3-4-7-20(19)30-23/h3,6,12,14,17,28H,1,5,8-11,13H2,2H3. The predicted molar refractivity (Wildman–Crippen MR) is 137 cm³/mol. The van der Waals surface area contributed by atoms with Crippen LogP contribution in [0.4, 0.5) is 0 Å². The van der Waals surface area contributed by atoms with Crippen molar-refractivity contribution in [1.29, 1.82) is 5.26 Å². The lowest BCUT2D eigenvalue weighted by atomic mass is 10.1. The molecule has 2 aliphatic rings. The second kappa shape index (κ2) is 8.78. The summed E-state index contributed by atoms with van der Waals surface area (Å²) in [6.07, 6.45) is 4.17. The largest absolute Gasteiger partial charge is 0.395 e. The Kier molecular flexibility index (Phi) is 6.00. The van der Waals surface area contributed by atoms with Gasteiger partial charge < -0.3 is 10.0 Å². The molecular weight excluding hydrogens is 475 g/mol. The summed E-state index contributed by atoms with van der Waals surface area (Å²) in [4.78, 5) is 10.7. The molecule has 1 spiro atoms. The van der Waals surface area contributed by atoms with Crippen LogP contribution in [-0.4, -0.2) is 46.7 Å². The van der Waals surface area contributed by atoms with Gasteiger partial charge in [-0.25, -0.2) is 4.98 Å². The number of aromatic nitrogens is 1. The normalized spacial score (nSPS) is 18.7. The van der Waals surface area contributed by atoms with Gasteiger partial charge in [-0.1, -0.05) is 24.4 Å². The summed E-state index contributed by atoms with van der Waals surface area (Å²) in [6.45, 7) is 5.22. The maximum absolute atomic E-state index is 9.94. The zero-order chi connectivity index (χ0) is 22.3. The highest BCUT2D eigenvalue weighted by atomic mass is 32.3. The maximum Gasteiger partial charge on any atom is 0.112 e. The average molecular weight is 498 g/mol. The lowest BCUT2D eigenvalue weighted by Gasteiger charge is -2.48. The zero-order valence-corrected chi connectivity index (χ0v) is 21.0. The first-order chi connectivity index (χ1) is 15.5. The minimum atomic E-state index is -1.04. The molecule has 0 aliphatic carbocycles. The van der Waals surface area contributed by atoms with Crippen molar-refractivity contribution in [2.24, 2.45) is 0 Å². The number of thiophene rings is 1. The Bertz CT molecular complexity index is 1210. The molecule has 8 heteroatoms. The number of rotatable bonds is 6. The van der Waals surface area contributed by atoms with Crippen LogP contribution >= 0.6 is 44.5 Å². The van der Waals surface area contributed by atoms with Gasteiger partial charge in [0.25, 0.3) is 0 Å². The number of hydrogen-bond donors (Lipinski definition) is 1. The van der Waals surface area contributed by atoms with E-state index in [4.69, 9.17) is 4.98 Å². The first-order valence-electron chi connectivity index (χ1n) is 10.4. The highest BCUT2D eigenvalue weighted by molar-refractivity contribution is 8.38. The van der Waals surface area contributed by atoms with Crippen LogP contribution in [0.2, 0.25) is 0 Å². The van der Waals surface area contributed by atoms with Crippen molar-refractivity contribution in [3.8, 4) is 6.07 Å². The van der Waals surface area contributed by atoms with Gasteiger partial charge in [0.1, 0.15) is 15.6 Å². The fourth-order valence-electron chi connectivity index (χ4n) is 4.05. The summed E-state index contributed by atoms with van der Waals surface area (Å²) in [5, 5.41) is 21.4. The SMILES string of the molecule is C=C1C=C(N(C)CCO)Sc2sc(CC(C#N)c3nc4ccc#cc4s3)cc2S12CCC2. The molecule has 0 radical (unpaired) electrons. The van der Waals surface area contributed by atoms with Crippen LogP contribution in [0, 0.1) is 23.5 Å². The van der Waals surface area contributed by atoms with E-state index in [2.05, 4.69) is 41.8 Å². The Balaban J connectivity index is 1.48.